The van der Waals surface area contributed by atoms with Crippen LogP contribution in [0, 0.1) is 0 Å². The van der Waals surface area contributed by atoms with Crippen molar-refractivity contribution < 1.29 is 0 Å². The zero-order chi connectivity index (χ0) is 16.2. The molecule has 1 aliphatic heterocycles. The van der Waals surface area contributed by atoms with Gasteiger partial charge in [0, 0.05) is 42.3 Å². The topological polar surface area (TPSA) is 28.2 Å². The molecule has 1 fully saturated rings. The fourth-order valence-corrected chi connectivity index (χ4v) is 4.43. The van der Waals surface area contributed by atoms with E-state index in [4.69, 9.17) is 0 Å². The van der Waals surface area contributed by atoms with Crippen molar-refractivity contribution in [2.45, 2.75) is 25.4 Å². The molecule has 3 nitrogen and oxygen atoms in total. The molecule has 1 aliphatic rings. The number of anilines is 1. The molecule has 0 saturated carbocycles. The molecule has 4 rings (SSSR count). The van der Waals surface area contributed by atoms with E-state index in [1.807, 2.05) is 5.51 Å². The Morgan fingerprint density at radius 1 is 1.04 bits per heavy atom. The standard InChI is InChI=1S/C19H21N3S2/c1-3-18(4-2-16(1)19-13-24-14-21-19)22-8-5-17(6-9-22)20-11-15-7-10-23-12-15/h1-4,7,10,12-14,17,20H,5-6,8-9,11H2. The molecule has 1 saturated heterocycles. The highest BCUT2D eigenvalue weighted by Gasteiger charge is 2.19. The molecule has 0 amide bonds. The monoisotopic (exact) mass is 355 g/mol. The molecular formula is C19H21N3S2. The van der Waals surface area contributed by atoms with Gasteiger partial charge in [0.2, 0.25) is 0 Å². The Balaban J connectivity index is 1.30. The quantitative estimate of drug-likeness (QED) is 0.723. The summed E-state index contributed by atoms with van der Waals surface area (Å²) in [4.78, 5) is 6.87. The van der Waals surface area contributed by atoms with Gasteiger partial charge in [0.15, 0.2) is 0 Å². The predicted octanol–water partition coefficient (Wildman–Crippen LogP) is 4.63. The van der Waals surface area contributed by atoms with Crippen LogP contribution in [0.15, 0.2) is 52.0 Å². The number of nitrogens with zero attached hydrogens (tertiary/aromatic N) is 2. The van der Waals surface area contributed by atoms with E-state index < -0.39 is 0 Å². The number of thiophene rings is 1. The summed E-state index contributed by atoms with van der Waals surface area (Å²) in [7, 11) is 0. The van der Waals surface area contributed by atoms with Crippen molar-refractivity contribution in [1.82, 2.24) is 10.3 Å². The smallest absolute Gasteiger partial charge is 0.0811 e. The Morgan fingerprint density at radius 2 is 1.88 bits per heavy atom. The lowest BCUT2D eigenvalue weighted by atomic mass is 10.0. The summed E-state index contributed by atoms with van der Waals surface area (Å²) >= 11 is 3.41. The molecule has 0 bridgehead atoms. The number of rotatable bonds is 5. The van der Waals surface area contributed by atoms with Gasteiger partial charge >= 0.3 is 0 Å². The van der Waals surface area contributed by atoms with Crippen LogP contribution in [-0.2, 0) is 6.54 Å². The van der Waals surface area contributed by atoms with E-state index in [0.717, 1.165) is 25.3 Å². The average Bonchev–Trinajstić information content (AvgIpc) is 3.34. The minimum atomic E-state index is 0.635. The predicted molar refractivity (Wildman–Crippen MR) is 104 cm³/mol. The Hall–Kier alpha value is -1.69. The van der Waals surface area contributed by atoms with E-state index in [9.17, 15) is 0 Å². The molecule has 0 unspecified atom stereocenters. The van der Waals surface area contributed by atoms with E-state index in [0.29, 0.717) is 6.04 Å². The zero-order valence-corrected chi connectivity index (χ0v) is 15.2. The lowest BCUT2D eigenvalue weighted by molar-refractivity contribution is 0.414. The third kappa shape index (κ3) is 3.69. The number of benzene rings is 1. The molecule has 5 heteroatoms. The first-order valence-electron chi connectivity index (χ1n) is 8.36. The minimum absolute atomic E-state index is 0.635. The SMILES string of the molecule is c1cc(CNC2CCN(c3ccc(-c4cscn4)cc3)CC2)cs1. The summed E-state index contributed by atoms with van der Waals surface area (Å²) in [5.74, 6) is 0. The Kier molecular flexibility index (Phi) is 4.92. The molecule has 0 atom stereocenters. The maximum absolute atomic E-state index is 4.38. The second kappa shape index (κ2) is 7.47. The van der Waals surface area contributed by atoms with Gasteiger partial charge in [-0.3, -0.25) is 0 Å². The van der Waals surface area contributed by atoms with Gasteiger partial charge in [0.05, 0.1) is 11.2 Å². The van der Waals surface area contributed by atoms with Crippen LogP contribution in [0.1, 0.15) is 18.4 Å². The van der Waals surface area contributed by atoms with Crippen molar-refractivity contribution in [2.75, 3.05) is 18.0 Å². The number of thiazole rings is 1. The molecule has 2 aromatic heterocycles. The van der Waals surface area contributed by atoms with Crippen molar-refractivity contribution in [1.29, 1.82) is 0 Å². The van der Waals surface area contributed by atoms with Crippen molar-refractivity contribution in [3.05, 3.63) is 57.5 Å². The first kappa shape index (κ1) is 15.8. The lowest BCUT2D eigenvalue weighted by Gasteiger charge is -2.34. The van der Waals surface area contributed by atoms with Gasteiger partial charge in [-0.2, -0.15) is 11.3 Å². The van der Waals surface area contributed by atoms with Crippen LogP contribution >= 0.6 is 22.7 Å². The molecule has 1 aromatic carbocycles. The Bertz CT molecular complexity index is 728. The van der Waals surface area contributed by atoms with Crippen LogP contribution in [0.4, 0.5) is 5.69 Å². The van der Waals surface area contributed by atoms with E-state index >= 15 is 0 Å². The van der Waals surface area contributed by atoms with Crippen LogP contribution in [0.5, 0.6) is 0 Å². The normalized spacial score (nSPS) is 15.8. The largest absolute Gasteiger partial charge is 0.371 e. The van der Waals surface area contributed by atoms with E-state index in [1.165, 1.54) is 29.7 Å². The third-order valence-corrected chi connectivity index (χ3v) is 5.95. The fourth-order valence-electron chi connectivity index (χ4n) is 3.20. The van der Waals surface area contributed by atoms with Gasteiger partial charge in [-0.15, -0.1) is 11.3 Å². The average molecular weight is 356 g/mol. The molecule has 3 aromatic rings. The summed E-state index contributed by atoms with van der Waals surface area (Å²) in [6, 6.07) is 11.7. The van der Waals surface area contributed by atoms with Gasteiger partial charge in [0.1, 0.15) is 0 Å². The second-order valence-electron chi connectivity index (χ2n) is 6.19. The highest BCUT2D eigenvalue weighted by molar-refractivity contribution is 7.08. The number of hydrogen-bond donors (Lipinski definition) is 1. The number of hydrogen-bond acceptors (Lipinski definition) is 5. The summed E-state index contributed by atoms with van der Waals surface area (Å²) in [6.45, 7) is 3.24. The molecular weight excluding hydrogens is 334 g/mol. The molecule has 0 spiro atoms. The van der Waals surface area contributed by atoms with E-state index in [1.54, 1.807) is 22.7 Å². The molecule has 1 N–H and O–H groups in total. The molecule has 3 heterocycles. The van der Waals surface area contributed by atoms with Crippen molar-refractivity contribution >= 4 is 28.4 Å². The maximum Gasteiger partial charge on any atom is 0.0811 e. The number of piperidine rings is 1. The first-order chi connectivity index (χ1) is 11.9. The lowest BCUT2D eigenvalue weighted by Crippen LogP contribution is -2.42. The van der Waals surface area contributed by atoms with Crippen LogP contribution in [0.2, 0.25) is 0 Å². The van der Waals surface area contributed by atoms with E-state index in [-0.39, 0.29) is 0 Å². The van der Waals surface area contributed by atoms with Crippen LogP contribution in [0.25, 0.3) is 11.3 Å². The fraction of sp³-hybridized carbons (Fsp3) is 0.316. The number of aromatic nitrogens is 1. The number of nitrogens with one attached hydrogen (secondary N) is 1. The van der Waals surface area contributed by atoms with Crippen LogP contribution < -0.4 is 10.2 Å². The first-order valence-corrected chi connectivity index (χ1v) is 10.2. The zero-order valence-electron chi connectivity index (χ0n) is 13.5. The van der Waals surface area contributed by atoms with Crippen LogP contribution in [-0.4, -0.2) is 24.1 Å². The Morgan fingerprint density at radius 3 is 2.54 bits per heavy atom. The highest BCUT2D eigenvalue weighted by Crippen LogP contribution is 2.25. The van der Waals surface area contributed by atoms with Gasteiger partial charge in [-0.05, 0) is 47.4 Å². The Labute approximate surface area is 151 Å². The van der Waals surface area contributed by atoms with Crippen LogP contribution in [0.3, 0.4) is 0 Å². The van der Waals surface area contributed by atoms with E-state index in [2.05, 4.69) is 61.7 Å². The minimum Gasteiger partial charge on any atom is -0.371 e. The molecule has 124 valence electrons. The summed E-state index contributed by atoms with van der Waals surface area (Å²) in [5.41, 5.74) is 6.89. The summed E-state index contributed by atoms with van der Waals surface area (Å²) in [5, 5.41) is 10.2. The van der Waals surface area contributed by atoms with Gasteiger partial charge in [-0.25, -0.2) is 4.98 Å². The summed E-state index contributed by atoms with van der Waals surface area (Å²) < 4.78 is 0. The van der Waals surface area contributed by atoms with Gasteiger partial charge in [0.25, 0.3) is 0 Å². The highest BCUT2D eigenvalue weighted by atomic mass is 32.1. The molecule has 0 radical (unpaired) electrons. The third-order valence-electron chi connectivity index (χ3n) is 4.63. The summed E-state index contributed by atoms with van der Waals surface area (Å²) in [6.07, 6.45) is 2.41. The van der Waals surface area contributed by atoms with Gasteiger partial charge in [-0.1, -0.05) is 12.1 Å². The van der Waals surface area contributed by atoms with Crippen molar-refractivity contribution in [2.24, 2.45) is 0 Å². The van der Waals surface area contributed by atoms with Crippen molar-refractivity contribution in [3.8, 4) is 11.3 Å². The maximum atomic E-state index is 4.38. The second-order valence-corrected chi connectivity index (χ2v) is 7.69. The molecule has 24 heavy (non-hydrogen) atoms. The van der Waals surface area contributed by atoms with Gasteiger partial charge < -0.3 is 10.2 Å². The van der Waals surface area contributed by atoms with Crippen molar-refractivity contribution in [3.63, 3.8) is 0 Å². The molecule has 0 aliphatic carbocycles.